The summed E-state index contributed by atoms with van der Waals surface area (Å²) in [4.78, 5) is 27.8. The minimum absolute atomic E-state index is 0.0623. The predicted molar refractivity (Wildman–Crippen MR) is 120 cm³/mol. The number of nitrogens with one attached hydrogen (secondary N) is 2. The summed E-state index contributed by atoms with van der Waals surface area (Å²) in [6.07, 6.45) is 4.18. The van der Waals surface area contributed by atoms with E-state index in [-0.39, 0.29) is 50.8 Å². The lowest BCUT2D eigenvalue weighted by molar-refractivity contribution is 0.0687. The van der Waals surface area contributed by atoms with E-state index in [0.29, 0.717) is 10.9 Å². The van der Waals surface area contributed by atoms with Crippen molar-refractivity contribution in [2.45, 2.75) is 6.54 Å². The number of rotatable bonds is 4. The number of carboxylic acid groups (broad SMARTS) is 1. The van der Waals surface area contributed by atoms with Gasteiger partial charge in [-0.3, -0.25) is 9.89 Å². The zero-order chi connectivity index (χ0) is 23.6. The Morgan fingerprint density at radius 1 is 1.18 bits per heavy atom. The minimum Gasteiger partial charge on any atom is -0.477 e. The van der Waals surface area contributed by atoms with Gasteiger partial charge in [-0.1, -0.05) is 0 Å². The van der Waals surface area contributed by atoms with E-state index in [4.69, 9.17) is 4.42 Å². The first kappa shape index (κ1) is 19.9. The number of aromatic nitrogens is 4. The Balaban J connectivity index is 1.75. The molecule has 8 nitrogen and oxygen atoms in total. The number of nitrogens with zero attached hydrogens (tertiary/aromatic N) is 2. The fourth-order valence-electron chi connectivity index (χ4n) is 4.47. The van der Waals surface area contributed by atoms with E-state index in [1.54, 1.807) is 6.07 Å². The Kier molecular flexibility index (Phi) is 4.18. The topological polar surface area (TPSA) is 117 Å². The van der Waals surface area contributed by atoms with Crippen molar-refractivity contribution in [2.75, 3.05) is 0 Å². The Hall–Kier alpha value is -4.73. The zero-order valence-corrected chi connectivity index (χ0v) is 17.2. The number of fused-ring (bicyclic) bond motifs is 4. The third-order valence-corrected chi connectivity index (χ3v) is 5.94. The van der Waals surface area contributed by atoms with E-state index >= 15 is 0 Å². The van der Waals surface area contributed by atoms with Gasteiger partial charge in [0.2, 0.25) is 0 Å². The second kappa shape index (κ2) is 7.14. The Bertz CT molecular complexity index is 1830. The van der Waals surface area contributed by atoms with E-state index < -0.39 is 23.2 Å². The van der Waals surface area contributed by atoms with Crippen LogP contribution in [-0.4, -0.2) is 30.8 Å². The molecule has 34 heavy (non-hydrogen) atoms. The van der Waals surface area contributed by atoms with Crippen molar-refractivity contribution in [2.24, 2.45) is 0 Å². The van der Waals surface area contributed by atoms with Crippen molar-refractivity contribution in [3.05, 3.63) is 88.3 Å². The van der Waals surface area contributed by atoms with Gasteiger partial charge in [0.25, 0.3) is 5.56 Å². The van der Waals surface area contributed by atoms with Crippen LogP contribution in [0.4, 0.5) is 8.78 Å². The highest BCUT2D eigenvalue weighted by Gasteiger charge is 2.29. The van der Waals surface area contributed by atoms with Crippen LogP contribution in [-0.2, 0) is 6.54 Å². The number of furan rings is 1. The number of aromatic carboxylic acids is 1. The number of benzene rings is 2. The number of pyridine rings is 1. The van der Waals surface area contributed by atoms with Crippen LogP contribution in [0.1, 0.15) is 16.1 Å². The first-order valence-corrected chi connectivity index (χ1v) is 10.2. The quantitative estimate of drug-likeness (QED) is 0.354. The van der Waals surface area contributed by atoms with Gasteiger partial charge in [0.05, 0.1) is 46.4 Å². The van der Waals surface area contributed by atoms with E-state index in [2.05, 4.69) is 15.2 Å². The van der Waals surface area contributed by atoms with Gasteiger partial charge in [-0.25, -0.2) is 13.6 Å². The number of hydrogen-bond acceptors (Lipinski definition) is 4. The van der Waals surface area contributed by atoms with Crippen LogP contribution >= 0.6 is 0 Å². The highest BCUT2D eigenvalue weighted by molar-refractivity contribution is 6.17. The lowest BCUT2D eigenvalue weighted by Crippen LogP contribution is -2.14. The number of carboxylic acids is 1. The number of hydrogen-bond donors (Lipinski definition) is 3. The van der Waals surface area contributed by atoms with Gasteiger partial charge < -0.3 is 19.1 Å². The van der Waals surface area contributed by atoms with Crippen molar-refractivity contribution >= 4 is 38.7 Å². The molecule has 6 rings (SSSR count). The molecule has 0 radical (unpaired) electrons. The molecule has 2 aromatic carbocycles. The SMILES string of the molecule is O=C(O)c1c(-c2ccc[nH]c2=O)c2c3occc3c(F)cc2n1Cc1cc2[nH]ncc2cc1F. The summed E-state index contributed by atoms with van der Waals surface area (Å²) in [6.45, 7) is -0.241. The van der Waals surface area contributed by atoms with Crippen LogP contribution in [0.15, 0.2) is 64.3 Å². The molecule has 0 atom stereocenters. The molecule has 0 fully saturated rings. The molecule has 0 aliphatic rings. The molecule has 0 unspecified atom stereocenters. The molecule has 0 aliphatic carbocycles. The second-order valence-corrected chi connectivity index (χ2v) is 7.84. The maximum Gasteiger partial charge on any atom is 0.353 e. The van der Waals surface area contributed by atoms with Crippen LogP contribution in [0, 0.1) is 11.6 Å². The highest BCUT2D eigenvalue weighted by atomic mass is 19.1. The maximum atomic E-state index is 15.0. The van der Waals surface area contributed by atoms with E-state index in [9.17, 15) is 23.5 Å². The van der Waals surface area contributed by atoms with Crippen LogP contribution in [0.5, 0.6) is 0 Å². The Morgan fingerprint density at radius 2 is 2.03 bits per heavy atom. The molecular weight excluding hydrogens is 446 g/mol. The molecule has 0 bridgehead atoms. The van der Waals surface area contributed by atoms with Gasteiger partial charge >= 0.3 is 5.97 Å². The first-order valence-electron chi connectivity index (χ1n) is 10.2. The van der Waals surface area contributed by atoms with Crippen LogP contribution in [0.2, 0.25) is 0 Å². The average molecular weight is 460 g/mol. The normalized spacial score (nSPS) is 11.7. The standard InChI is InChI=1S/C24H14F2N4O4/c25-15-6-11-9-28-29-17(11)7-12(15)10-30-18-8-16(26)13-3-5-34-22(13)20(18)19(21(30)24(32)33)14-2-1-4-27-23(14)31/h1-9H,10H2,(H,27,31)(H,28,29)(H,32,33). The summed E-state index contributed by atoms with van der Waals surface area (Å²) in [6, 6.07) is 8.43. The van der Waals surface area contributed by atoms with Crippen LogP contribution in [0.25, 0.3) is 43.9 Å². The van der Waals surface area contributed by atoms with Gasteiger partial charge in [0.15, 0.2) is 0 Å². The molecule has 3 N–H and O–H groups in total. The summed E-state index contributed by atoms with van der Waals surface area (Å²) < 4.78 is 36.7. The summed E-state index contributed by atoms with van der Waals surface area (Å²) in [7, 11) is 0. The lowest BCUT2D eigenvalue weighted by atomic mass is 10.0. The fraction of sp³-hybridized carbons (Fsp3) is 0.0417. The molecule has 4 heterocycles. The fourth-order valence-corrected chi connectivity index (χ4v) is 4.47. The average Bonchev–Trinajstić information content (AvgIpc) is 3.52. The molecule has 168 valence electrons. The lowest BCUT2D eigenvalue weighted by Gasteiger charge is -2.11. The van der Waals surface area contributed by atoms with Crippen molar-refractivity contribution in [1.82, 2.24) is 19.7 Å². The molecule has 0 aliphatic heterocycles. The van der Waals surface area contributed by atoms with Gasteiger partial charge in [-0.15, -0.1) is 0 Å². The minimum atomic E-state index is -1.36. The van der Waals surface area contributed by atoms with Gasteiger partial charge in [0, 0.05) is 22.7 Å². The van der Waals surface area contributed by atoms with Crippen molar-refractivity contribution in [3.8, 4) is 11.1 Å². The molecule has 0 spiro atoms. The number of halogens is 2. The zero-order valence-electron chi connectivity index (χ0n) is 17.2. The molecule has 0 saturated carbocycles. The number of H-pyrrole nitrogens is 2. The van der Waals surface area contributed by atoms with E-state index in [0.717, 1.165) is 0 Å². The maximum absolute atomic E-state index is 15.0. The number of carbonyl (C=O) groups is 1. The van der Waals surface area contributed by atoms with E-state index in [1.165, 1.54) is 53.6 Å². The Morgan fingerprint density at radius 3 is 2.82 bits per heavy atom. The third kappa shape index (κ3) is 2.78. The highest BCUT2D eigenvalue weighted by Crippen LogP contribution is 2.40. The monoisotopic (exact) mass is 460 g/mol. The molecule has 0 saturated heterocycles. The van der Waals surface area contributed by atoms with Crippen molar-refractivity contribution in [3.63, 3.8) is 0 Å². The largest absolute Gasteiger partial charge is 0.477 e. The smallest absolute Gasteiger partial charge is 0.353 e. The second-order valence-electron chi connectivity index (χ2n) is 7.84. The molecule has 10 heteroatoms. The predicted octanol–water partition coefficient (Wildman–Crippen LogP) is 4.64. The summed E-state index contributed by atoms with van der Waals surface area (Å²) in [5.74, 6) is -2.58. The summed E-state index contributed by atoms with van der Waals surface area (Å²) >= 11 is 0. The van der Waals surface area contributed by atoms with Gasteiger partial charge in [-0.05, 0) is 36.4 Å². The van der Waals surface area contributed by atoms with Crippen LogP contribution in [0.3, 0.4) is 0 Å². The van der Waals surface area contributed by atoms with E-state index in [1.807, 2.05) is 0 Å². The summed E-state index contributed by atoms with van der Waals surface area (Å²) in [5, 5.41) is 17.8. The van der Waals surface area contributed by atoms with Gasteiger partial charge in [0.1, 0.15) is 22.9 Å². The van der Waals surface area contributed by atoms with Crippen molar-refractivity contribution < 1.29 is 23.1 Å². The van der Waals surface area contributed by atoms with Crippen molar-refractivity contribution in [1.29, 1.82) is 0 Å². The first-order chi connectivity index (χ1) is 16.4. The molecule has 4 aromatic heterocycles. The Labute approximate surface area is 188 Å². The molecule has 0 amide bonds. The molecular formula is C24H14F2N4O4. The summed E-state index contributed by atoms with van der Waals surface area (Å²) in [5.41, 5.74) is 0.273. The van der Waals surface area contributed by atoms with Gasteiger partial charge in [-0.2, -0.15) is 5.10 Å². The number of aromatic amines is 2. The van der Waals surface area contributed by atoms with Crippen LogP contribution < -0.4 is 5.56 Å². The molecule has 6 aromatic rings. The third-order valence-electron chi connectivity index (χ3n) is 5.94.